The molecular weight excluding hydrogens is 419 g/mol. The van der Waals surface area contributed by atoms with Crippen molar-refractivity contribution in [3.05, 3.63) is 101 Å². The summed E-state index contributed by atoms with van der Waals surface area (Å²) < 4.78 is 18.3. The van der Waals surface area contributed by atoms with E-state index >= 15 is 0 Å². The maximum atomic E-state index is 13.2. The summed E-state index contributed by atoms with van der Waals surface area (Å²) in [4.78, 5) is 28.1. The molecule has 1 heterocycles. The third-order valence-corrected chi connectivity index (χ3v) is 6.17. The second-order valence-electron chi connectivity index (χ2n) is 8.41. The number of likely N-dealkylation sites (tertiary alicyclic amines) is 1. The van der Waals surface area contributed by atoms with Gasteiger partial charge in [0.1, 0.15) is 11.6 Å². The average Bonchev–Trinajstić information content (AvgIpc) is 3.29. The summed E-state index contributed by atoms with van der Waals surface area (Å²) in [6, 6.07) is 21.2. The number of benzene rings is 3. The van der Waals surface area contributed by atoms with E-state index in [9.17, 15) is 14.0 Å². The molecule has 5 nitrogen and oxygen atoms in total. The average molecular weight is 447 g/mol. The van der Waals surface area contributed by atoms with E-state index in [1.54, 1.807) is 48.4 Å². The number of nitrogens with zero attached hydrogens (tertiary/aromatic N) is 1. The molecule has 3 aromatic carbocycles. The van der Waals surface area contributed by atoms with Crippen LogP contribution in [0.2, 0.25) is 0 Å². The van der Waals surface area contributed by atoms with Gasteiger partial charge >= 0.3 is 0 Å². The number of amides is 2. The van der Waals surface area contributed by atoms with E-state index in [4.69, 9.17) is 4.74 Å². The van der Waals surface area contributed by atoms with Gasteiger partial charge in [0.25, 0.3) is 5.91 Å². The molecule has 1 aliphatic rings. The molecule has 2 atom stereocenters. The van der Waals surface area contributed by atoms with Crippen LogP contribution in [0.4, 0.5) is 4.39 Å². The van der Waals surface area contributed by atoms with Crippen molar-refractivity contribution in [1.82, 2.24) is 10.2 Å². The SMILES string of the molecule is COc1ccc(C(=O)N2CC(C(=O)NCc3ccc(F)cc3)C(c3ccc(C)cc3)C2)cc1. The highest BCUT2D eigenvalue weighted by Crippen LogP contribution is 2.34. The number of hydrogen-bond donors (Lipinski definition) is 1. The normalized spacial score (nSPS) is 17.6. The number of ether oxygens (including phenoxy) is 1. The Morgan fingerprint density at radius 3 is 2.27 bits per heavy atom. The van der Waals surface area contributed by atoms with Gasteiger partial charge in [-0.25, -0.2) is 4.39 Å². The van der Waals surface area contributed by atoms with Gasteiger partial charge in [0.2, 0.25) is 5.91 Å². The molecule has 6 heteroatoms. The van der Waals surface area contributed by atoms with Crippen LogP contribution < -0.4 is 10.1 Å². The first-order valence-corrected chi connectivity index (χ1v) is 11.0. The molecule has 2 unspecified atom stereocenters. The fourth-order valence-corrected chi connectivity index (χ4v) is 4.23. The van der Waals surface area contributed by atoms with Crippen LogP contribution in [0, 0.1) is 18.7 Å². The van der Waals surface area contributed by atoms with E-state index in [1.165, 1.54) is 12.1 Å². The molecule has 0 aromatic heterocycles. The van der Waals surface area contributed by atoms with Gasteiger partial charge in [0, 0.05) is 31.1 Å². The zero-order valence-corrected chi connectivity index (χ0v) is 18.8. The monoisotopic (exact) mass is 446 g/mol. The number of halogens is 1. The zero-order chi connectivity index (χ0) is 23.4. The van der Waals surface area contributed by atoms with Gasteiger partial charge in [-0.1, -0.05) is 42.0 Å². The lowest BCUT2D eigenvalue weighted by Crippen LogP contribution is -2.35. The molecule has 4 rings (SSSR count). The molecule has 1 fully saturated rings. The first-order valence-electron chi connectivity index (χ1n) is 11.0. The highest BCUT2D eigenvalue weighted by atomic mass is 19.1. The van der Waals surface area contributed by atoms with E-state index in [0.717, 1.165) is 16.7 Å². The predicted molar refractivity (Wildman–Crippen MR) is 125 cm³/mol. The Hall–Kier alpha value is -3.67. The second kappa shape index (κ2) is 9.86. The molecule has 33 heavy (non-hydrogen) atoms. The molecule has 1 saturated heterocycles. The van der Waals surface area contributed by atoms with E-state index in [0.29, 0.717) is 30.9 Å². The Kier molecular flexibility index (Phi) is 6.73. The van der Waals surface area contributed by atoms with Crippen LogP contribution in [0.5, 0.6) is 5.75 Å². The van der Waals surface area contributed by atoms with Crippen LogP contribution >= 0.6 is 0 Å². The van der Waals surface area contributed by atoms with Crippen molar-refractivity contribution >= 4 is 11.8 Å². The van der Waals surface area contributed by atoms with Gasteiger partial charge in [-0.15, -0.1) is 0 Å². The summed E-state index contributed by atoms with van der Waals surface area (Å²) in [5.41, 5.74) is 3.56. The summed E-state index contributed by atoms with van der Waals surface area (Å²) in [7, 11) is 1.58. The minimum absolute atomic E-state index is 0.108. The van der Waals surface area contributed by atoms with Crippen LogP contribution in [0.15, 0.2) is 72.8 Å². The van der Waals surface area contributed by atoms with E-state index < -0.39 is 0 Å². The van der Waals surface area contributed by atoms with Gasteiger partial charge in [-0.2, -0.15) is 0 Å². The van der Waals surface area contributed by atoms with E-state index in [-0.39, 0.29) is 29.5 Å². The fourth-order valence-electron chi connectivity index (χ4n) is 4.23. The number of carbonyl (C=O) groups excluding carboxylic acids is 2. The predicted octanol–water partition coefficient (Wildman–Crippen LogP) is 4.31. The maximum Gasteiger partial charge on any atom is 0.253 e. The Morgan fingerprint density at radius 1 is 0.970 bits per heavy atom. The van der Waals surface area contributed by atoms with Gasteiger partial charge in [-0.05, 0) is 54.4 Å². The topological polar surface area (TPSA) is 58.6 Å². The van der Waals surface area contributed by atoms with Crippen molar-refractivity contribution in [2.45, 2.75) is 19.4 Å². The smallest absolute Gasteiger partial charge is 0.253 e. The summed E-state index contributed by atoms with van der Waals surface area (Å²) in [6.45, 7) is 3.12. The van der Waals surface area contributed by atoms with Crippen molar-refractivity contribution < 1.29 is 18.7 Å². The number of methoxy groups -OCH3 is 1. The van der Waals surface area contributed by atoms with Crippen molar-refractivity contribution in [1.29, 1.82) is 0 Å². The number of nitrogens with one attached hydrogen (secondary N) is 1. The molecule has 1 N–H and O–H groups in total. The number of rotatable bonds is 6. The third-order valence-electron chi connectivity index (χ3n) is 6.17. The molecule has 0 bridgehead atoms. The summed E-state index contributed by atoms with van der Waals surface area (Å²) in [5, 5.41) is 2.97. The minimum Gasteiger partial charge on any atom is -0.497 e. The quantitative estimate of drug-likeness (QED) is 0.614. The van der Waals surface area contributed by atoms with Crippen molar-refractivity contribution in [3.63, 3.8) is 0 Å². The van der Waals surface area contributed by atoms with Gasteiger partial charge in [-0.3, -0.25) is 9.59 Å². The maximum absolute atomic E-state index is 13.2. The largest absolute Gasteiger partial charge is 0.497 e. The van der Waals surface area contributed by atoms with E-state index in [1.807, 2.05) is 31.2 Å². The van der Waals surface area contributed by atoms with Crippen molar-refractivity contribution in [2.24, 2.45) is 5.92 Å². The summed E-state index contributed by atoms with van der Waals surface area (Å²) in [5.74, 6) is -0.341. The molecule has 0 saturated carbocycles. The van der Waals surface area contributed by atoms with Crippen LogP contribution in [-0.4, -0.2) is 36.9 Å². The highest BCUT2D eigenvalue weighted by molar-refractivity contribution is 5.95. The molecule has 2 amide bonds. The third kappa shape index (κ3) is 5.22. The number of carbonyl (C=O) groups is 2. The molecular formula is C27H27FN2O3. The molecule has 0 spiro atoms. The molecule has 0 radical (unpaired) electrons. The molecule has 3 aromatic rings. The lowest BCUT2D eigenvalue weighted by Gasteiger charge is -2.18. The first kappa shape index (κ1) is 22.5. The van der Waals surface area contributed by atoms with Crippen LogP contribution in [0.25, 0.3) is 0 Å². The fraction of sp³-hybridized carbons (Fsp3) is 0.259. The first-order chi connectivity index (χ1) is 15.9. The Morgan fingerprint density at radius 2 is 1.64 bits per heavy atom. The number of aryl methyl sites for hydroxylation is 1. The van der Waals surface area contributed by atoms with Crippen LogP contribution in [0.3, 0.4) is 0 Å². The highest BCUT2D eigenvalue weighted by Gasteiger charge is 2.40. The Balaban J connectivity index is 1.52. The van der Waals surface area contributed by atoms with Gasteiger partial charge in [0.05, 0.1) is 13.0 Å². The minimum atomic E-state index is -0.379. The molecule has 0 aliphatic carbocycles. The molecule has 170 valence electrons. The van der Waals surface area contributed by atoms with Crippen LogP contribution in [0.1, 0.15) is 33.0 Å². The summed E-state index contributed by atoms with van der Waals surface area (Å²) in [6.07, 6.45) is 0. The lowest BCUT2D eigenvalue weighted by molar-refractivity contribution is -0.125. The zero-order valence-electron chi connectivity index (χ0n) is 18.8. The number of hydrogen-bond acceptors (Lipinski definition) is 3. The summed E-state index contributed by atoms with van der Waals surface area (Å²) >= 11 is 0. The lowest BCUT2D eigenvalue weighted by atomic mass is 9.88. The van der Waals surface area contributed by atoms with E-state index in [2.05, 4.69) is 5.32 Å². The van der Waals surface area contributed by atoms with Gasteiger partial charge < -0.3 is 15.0 Å². The van der Waals surface area contributed by atoms with Gasteiger partial charge in [0.15, 0.2) is 0 Å². The Bertz CT molecular complexity index is 1110. The Labute approximate surface area is 193 Å². The van der Waals surface area contributed by atoms with Crippen molar-refractivity contribution in [3.8, 4) is 5.75 Å². The van der Waals surface area contributed by atoms with Crippen LogP contribution in [-0.2, 0) is 11.3 Å². The standard InChI is InChI=1S/C27H27FN2O3/c1-18-3-7-20(8-4-18)24-16-30(27(32)21-9-13-23(33-2)14-10-21)17-25(24)26(31)29-15-19-5-11-22(28)12-6-19/h3-14,24-25H,15-17H2,1-2H3,(H,29,31). The molecule has 1 aliphatic heterocycles. The van der Waals surface area contributed by atoms with Crippen molar-refractivity contribution in [2.75, 3.05) is 20.2 Å². The second-order valence-corrected chi connectivity index (χ2v) is 8.41.